The van der Waals surface area contributed by atoms with Gasteiger partial charge in [0.2, 0.25) is 0 Å². The van der Waals surface area contributed by atoms with E-state index in [1.165, 1.54) is 25.6 Å². The number of ether oxygens (including phenoxy) is 8. The summed E-state index contributed by atoms with van der Waals surface area (Å²) < 4.78 is 49.8. The lowest BCUT2D eigenvalue weighted by molar-refractivity contribution is -0.325. The number of methoxy groups -OCH3 is 1. The molecule has 3 aromatic rings. The molecule has 2 saturated carbocycles. The van der Waals surface area contributed by atoms with Gasteiger partial charge in [0.1, 0.15) is 35.9 Å². The summed E-state index contributed by atoms with van der Waals surface area (Å²) in [4.78, 5) is 71.7. The monoisotopic (exact) mass is 941 g/mol. The Hall–Kier alpha value is -5.10. The quantitative estimate of drug-likeness (QED) is 0.0880. The lowest BCUT2D eigenvalue weighted by Gasteiger charge is -2.63. The number of benzene rings is 3. The number of carbonyl (C=O) groups excluding carboxylic acids is 5. The third-order valence-electron chi connectivity index (χ3n) is 14.9. The highest BCUT2D eigenvalue weighted by atomic mass is 32.2. The van der Waals surface area contributed by atoms with Crippen LogP contribution in [0.4, 0.5) is 0 Å². The van der Waals surface area contributed by atoms with Gasteiger partial charge in [-0.2, -0.15) is 0 Å². The van der Waals surface area contributed by atoms with Crippen LogP contribution >= 0.6 is 11.8 Å². The Morgan fingerprint density at radius 3 is 2.12 bits per heavy atom. The number of rotatable bonds is 12. The number of esters is 4. The maximum Gasteiger partial charge on any atom is 0.338 e. The normalized spacial score (nSPS) is 34.2. The molecule has 16 heteroatoms. The van der Waals surface area contributed by atoms with E-state index in [0.29, 0.717) is 11.3 Å². The van der Waals surface area contributed by atoms with Gasteiger partial charge in [0.25, 0.3) is 0 Å². The molecule has 358 valence electrons. The number of ketones is 1. The van der Waals surface area contributed by atoms with E-state index in [9.17, 15) is 24.3 Å². The number of thioether (sulfide) groups is 1. The number of carbonyl (C=O) groups is 5. The van der Waals surface area contributed by atoms with Crippen molar-refractivity contribution >= 4 is 41.4 Å². The number of hydrogen-bond donors (Lipinski definition) is 2. The van der Waals surface area contributed by atoms with Crippen LogP contribution in [0.15, 0.2) is 96.1 Å². The Morgan fingerprint density at radius 2 is 1.52 bits per heavy atom. The molecule has 12 atom stereocenters. The average Bonchev–Trinajstić information content (AvgIpc) is 3.76. The summed E-state index contributed by atoms with van der Waals surface area (Å²) >= 11 is 1.39. The summed E-state index contributed by atoms with van der Waals surface area (Å²) in [7, 11) is 1.57. The number of nitrogens with one attached hydrogen (secondary N) is 1. The predicted octanol–water partition coefficient (Wildman–Crippen LogP) is 6.38. The first-order valence-electron chi connectivity index (χ1n) is 22.5. The maximum absolute atomic E-state index is 16.0. The largest absolute Gasteiger partial charge is 0.497 e. The molecule has 0 aromatic heterocycles. The standard InChI is InChI=1S/C51H59NO14S/c1-28-35(63-47(57)43-41(31-15-11-9-12-16-31)52-45(65-43)32-19-21-34(59-7)22-20-32)25-51(58)39(64-46(56)33-17-13-10-14-18-33)23-36-49(6,44(55)42(62-29(2)53)40(28)48(51,4)5)37(61-27-67-8)24-38-50(36,26-60-38)66-30(3)54/h9-22,35-39,41-43,45,52,58H,23-27H2,1-8H3/t35-,36-,37-,38+,39-,41+,42+,43-,45+,49-,50+,51+/m0/s1. The number of Topliss-reactive ketones (excluding diaryl/α,β-unsaturated/α-hetero) is 1. The zero-order valence-electron chi connectivity index (χ0n) is 39.0. The molecule has 0 unspecified atom stereocenters. The van der Waals surface area contributed by atoms with Gasteiger partial charge >= 0.3 is 23.9 Å². The van der Waals surface area contributed by atoms with Crippen LogP contribution in [0.1, 0.15) is 94.6 Å². The van der Waals surface area contributed by atoms with Crippen LogP contribution in [0.5, 0.6) is 5.75 Å². The van der Waals surface area contributed by atoms with Crippen molar-refractivity contribution in [1.82, 2.24) is 5.32 Å². The number of fused-ring (bicyclic) bond motifs is 5. The van der Waals surface area contributed by atoms with Gasteiger partial charge in [-0.25, -0.2) is 9.59 Å². The van der Waals surface area contributed by atoms with E-state index in [2.05, 4.69) is 5.32 Å². The van der Waals surface area contributed by atoms with Gasteiger partial charge in [-0.05, 0) is 73.1 Å². The molecule has 0 spiro atoms. The Balaban J connectivity index is 1.28. The van der Waals surface area contributed by atoms with Crippen molar-refractivity contribution in [3.05, 3.63) is 113 Å². The summed E-state index contributed by atoms with van der Waals surface area (Å²) in [5, 5.41) is 17.3. The molecule has 3 aromatic carbocycles. The molecule has 0 amide bonds. The predicted molar refractivity (Wildman–Crippen MR) is 243 cm³/mol. The molecule has 2 heterocycles. The van der Waals surface area contributed by atoms with Crippen molar-refractivity contribution in [2.45, 2.75) is 121 Å². The van der Waals surface area contributed by atoms with Crippen LogP contribution in [-0.2, 0) is 52.3 Å². The van der Waals surface area contributed by atoms with Crippen LogP contribution < -0.4 is 10.1 Å². The molecular weight excluding hydrogens is 883 g/mol. The van der Waals surface area contributed by atoms with Crippen LogP contribution in [0.2, 0.25) is 0 Å². The topological polar surface area (TPSA) is 191 Å². The highest BCUT2D eigenvalue weighted by Crippen LogP contribution is 2.62. The van der Waals surface area contributed by atoms with Crippen LogP contribution in [0.3, 0.4) is 0 Å². The van der Waals surface area contributed by atoms with Gasteiger partial charge < -0.3 is 43.0 Å². The Kier molecular flexibility index (Phi) is 13.5. The molecule has 3 aliphatic carbocycles. The minimum atomic E-state index is -2.16. The van der Waals surface area contributed by atoms with Crippen molar-refractivity contribution in [3.63, 3.8) is 0 Å². The van der Waals surface area contributed by atoms with Crippen LogP contribution in [0.25, 0.3) is 0 Å². The highest BCUT2D eigenvalue weighted by Gasteiger charge is 2.74. The van der Waals surface area contributed by atoms with Crippen molar-refractivity contribution in [3.8, 4) is 5.75 Å². The molecule has 4 fully saturated rings. The highest BCUT2D eigenvalue weighted by molar-refractivity contribution is 7.98. The first-order chi connectivity index (χ1) is 31.9. The summed E-state index contributed by atoms with van der Waals surface area (Å²) in [6, 6.07) is 24.1. The Labute approximate surface area is 394 Å². The van der Waals surface area contributed by atoms with Gasteiger partial charge in [-0.3, -0.25) is 19.7 Å². The van der Waals surface area contributed by atoms with E-state index in [0.717, 1.165) is 11.1 Å². The van der Waals surface area contributed by atoms with E-state index in [1.807, 2.05) is 48.7 Å². The van der Waals surface area contributed by atoms with Gasteiger partial charge in [0, 0.05) is 38.0 Å². The first kappa shape index (κ1) is 48.4. The molecule has 2 bridgehead atoms. The van der Waals surface area contributed by atoms with Gasteiger partial charge in [-0.15, -0.1) is 11.8 Å². The van der Waals surface area contributed by atoms with Gasteiger partial charge in [0.15, 0.2) is 23.6 Å². The minimum absolute atomic E-state index is 0.100. The number of hydrogen-bond acceptors (Lipinski definition) is 16. The average molecular weight is 942 g/mol. The molecule has 8 rings (SSSR count). The SMILES string of the molecule is COc1ccc([C@@H]2N[C@H](c3ccccc3)[C@@H](C(=O)O[C@H]3C[C@@]4(O)[C@@H](OC(=O)c5ccccc5)C[C@@H]5[C@]6(OC(C)=O)CO[C@@H]6C[C@H](OCSC)[C@@]5(C)C(=O)[C@H](OC(C)=O)C(=C3C)C4(C)C)O2)cc1. The van der Waals surface area contributed by atoms with Crippen molar-refractivity contribution < 1.29 is 67.0 Å². The van der Waals surface area contributed by atoms with E-state index in [1.54, 1.807) is 77.3 Å². The molecule has 2 N–H and O–H groups in total. The fourth-order valence-corrected chi connectivity index (χ4v) is 11.6. The van der Waals surface area contributed by atoms with Crippen molar-refractivity contribution in [1.29, 1.82) is 0 Å². The van der Waals surface area contributed by atoms with Crippen molar-refractivity contribution in [2.75, 3.05) is 25.9 Å². The first-order valence-corrected chi connectivity index (χ1v) is 23.9. The van der Waals surface area contributed by atoms with Crippen LogP contribution in [-0.4, -0.2) is 109 Å². The molecule has 5 aliphatic rings. The Bertz CT molecular complexity index is 2390. The fraction of sp³-hybridized carbons (Fsp3) is 0.510. The van der Waals surface area contributed by atoms with Gasteiger partial charge in [0.05, 0.1) is 42.8 Å². The molecule has 0 radical (unpaired) electrons. The van der Waals surface area contributed by atoms with Crippen molar-refractivity contribution in [2.24, 2.45) is 16.7 Å². The zero-order chi connectivity index (χ0) is 48.1. The second-order valence-corrected chi connectivity index (χ2v) is 19.7. The lowest BCUT2D eigenvalue weighted by Crippen LogP contribution is -2.76. The fourth-order valence-electron chi connectivity index (χ4n) is 11.3. The molecular formula is C51H59NO14S. The van der Waals surface area contributed by atoms with Gasteiger partial charge in [-0.1, -0.05) is 74.5 Å². The minimum Gasteiger partial charge on any atom is -0.497 e. The molecule has 2 saturated heterocycles. The molecule has 2 aliphatic heterocycles. The van der Waals surface area contributed by atoms with E-state index in [-0.39, 0.29) is 42.9 Å². The maximum atomic E-state index is 16.0. The second kappa shape index (κ2) is 18.8. The molecule has 15 nitrogen and oxygen atoms in total. The third kappa shape index (κ3) is 8.47. The summed E-state index contributed by atoms with van der Waals surface area (Å²) in [6.07, 6.45) is -6.59. The summed E-state index contributed by atoms with van der Waals surface area (Å²) in [5.41, 5.74) is -4.57. The van der Waals surface area contributed by atoms with Crippen LogP contribution in [0, 0.1) is 16.7 Å². The summed E-state index contributed by atoms with van der Waals surface area (Å²) in [5.74, 6) is -3.77. The number of aliphatic hydroxyl groups is 1. The van der Waals surface area contributed by atoms with E-state index in [4.69, 9.17) is 37.9 Å². The zero-order valence-corrected chi connectivity index (χ0v) is 39.8. The third-order valence-corrected chi connectivity index (χ3v) is 15.3. The Morgan fingerprint density at radius 1 is 0.851 bits per heavy atom. The van der Waals surface area contributed by atoms with E-state index < -0.39 is 107 Å². The lowest BCUT2D eigenvalue weighted by atomic mass is 9.52. The van der Waals surface area contributed by atoms with E-state index >= 15 is 4.79 Å². The smallest absolute Gasteiger partial charge is 0.338 e. The second-order valence-electron chi connectivity index (χ2n) is 18.9. The summed E-state index contributed by atoms with van der Waals surface area (Å²) in [6.45, 7) is 9.13. The molecule has 67 heavy (non-hydrogen) atoms.